The Kier molecular flexibility index (Phi) is 7.67. The van der Waals surface area contributed by atoms with Gasteiger partial charge in [0, 0.05) is 38.8 Å². The van der Waals surface area contributed by atoms with E-state index in [0.29, 0.717) is 5.92 Å². The molecule has 0 bridgehead atoms. The zero-order valence-corrected chi connectivity index (χ0v) is 30.9. The first kappa shape index (κ1) is 32.3. The highest BCUT2D eigenvalue weighted by molar-refractivity contribution is 6.12. The van der Waals surface area contributed by atoms with E-state index < -0.39 is 0 Å². The first-order valence-corrected chi connectivity index (χ1v) is 19.5. The van der Waals surface area contributed by atoms with Crippen LogP contribution in [-0.2, 0) is 0 Å². The minimum Gasteiger partial charge on any atom is -0.309 e. The molecule has 56 heavy (non-hydrogen) atoms. The Morgan fingerprint density at radius 3 is 1.45 bits per heavy atom. The van der Waals surface area contributed by atoms with Crippen LogP contribution >= 0.6 is 0 Å². The van der Waals surface area contributed by atoms with Crippen LogP contribution in [-0.4, -0.2) is 9.13 Å². The third-order valence-electron chi connectivity index (χ3n) is 11.6. The predicted octanol–water partition coefficient (Wildman–Crippen LogP) is 14.5. The topological polar surface area (TPSA) is 9.86 Å². The van der Waals surface area contributed by atoms with E-state index in [1.165, 1.54) is 88.2 Å². The van der Waals surface area contributed by atoms with E-state index in [0.717, 1.165) is 12.1 Å². The number of rotatable bonds is 6. The molecule has 0 radical (unpaired) electrons. The number of fused-ring (bicyclic) bond motifs is 6. The SMILES string of the molecule is C1=CCC(c2cccc(-n3c4ccccc4c4cc(-c5ccc6c(c5)c5ccccc5n6-c5cc(-c6ccccc6)cc(-c6ccccc6)c5)ccc43)c2)C=C1. The van der Waals surface area contributed by atoms with Crippen molar-refractivity contribution in [2.75, 3.05) is 0 Å². The van der Waals surface area contributed by atoms with E-state index in [1.54, 1.807) is 0 Å². The minimum atomic E-state index is 0.402. The van der Waals surface area contributed by atoms with Crippen molar-refractivity contribution in [3.63, 3.8) is 0 Å². The predicted molar refractivity (Wildman–Crippen MR) is 237 cm³/mol. The van der Waals surface area contributed by atoms with Gasteiger partial charge < -0.3 is 9.13 Å². The molecular weight excluding hydrogens is 677 g/mol. The second-order valence-corrected chi connectivity index (χ2v) is 14.9. The second kappa shape index (κ2) is 13.3. The van der Waals surface area contributed by atoms with Gasteiger partial charge in [-0.2, -0.15) is 0 Å². The summed E-state index contributed by atoms with van der Waals surface area (Å²) in [5, 5.41) is 5.02. The molecule has 1 atom stereocenters. The first-order valence-electron chi connectivity index (χ1n) is 19.5. The van der Waals surface area contributed by atoms with Crippen LogP contribution in [0.2, 0.25) is 0 Å². The number of hydrogen-bond acceptors (Lipinski definition) is 0. The number of para-hydroxylation sites is 2. The lowest BCUT2D eigenvalue weighted by molar-refractivity contribution is 0.852. The monoisotopic (exact) mass is 714 g/mol. The van der Waals surface area contributed by atoms with Gasteiger partial charge in [-0.3, -0.25) is 0 Å². The Morgan fingerprint density at radius 2 is 0.875 bits per heavy atom. The van der Waals surface area contributed by atoms with Crippen molar-refractivity contribution in [3.05, 3.63) is 218 Å². The Balaban J connectivity index is 1.06. The normalized spacial score (nSPS) is 14.0. The molecule has 1 aliphatic carbocycles. The number of hydrogen-bond donors (Lipinski definition) is 0. The third-order valence-corrected chi connectivity index (χ3v) is 11.6. The van der Waals surface area contributed by atoms with Gasteiger partial charge in [-0.25, -0.2) is 0 Å². The average molecular weight is 715 g/mol. The van der Waals surface area contributed by atoms with Gasteiger partial charge >= 0.3 is 0 Å². The summed E-state index contributed by atoms with van der Waals surface area (Å²) in [5.74, 6) is 0.402. The highest BCUT2D eigenvalue weighted by Gasteiger charge is 2.18. The summed E-state index contributed by atoms with van der Waals surface area (Å²) < 4.78 is 4.88. The van der Waals surface area contributed by atoms with Crippen molar-refractivity contribution in [3.8, 4) is 44.8 Å². The smallest absolute Gasteiger partial charge is 0.0541 e. The van der Waals surface area contributed by atoms with Crippen LogP contribution in [0.3, 0.4) is 0 Å². The van der Waals surface area contributed by atoms with Crippen molar-refractivity contribution < 1.29 is 0 Å². The third kappa shape index (κ3) is 5.41. The van der Waals surface area contributed by atoms with Gasteiger partial charge in [-0.1, -0.05) is 146 Å². The van der Waals surface area contributed by atoms with Crippen LogP contribution in [0, 0.1) is 0 Å². The number of benzene rings is 8. The molecule has 2 heteroatoms. The molecule has 2 nitrogen and oxygen atoms in total. The van der Waals surface area contributed by atoms with E-state index in [1.807, 2.05) is 0 Å². The number of aromatic nitrogens is 2. The quantitative estimate of drug-likeness (QED) is 0.162. The van der Waals surface area contributed by atoms with Crippen LogP contribution < -0.4 is 0 Å². The molecule has 1 aliphatic rings. The first-order chi connectivity index (χ1) is 27.8. The maximum atomic E-state index is 2.44. The van der Waals surface area contributed by atoms with Gasteiger partial charge in [-0.15, -0.1) is 0 Å². The van der Waals surface area contributed by atoms with Gasteiger partial charge in [0.15, 0.2) is 0 Å². The minimum absolute atomic E-state index is 0.402. The lowest BCUT2D eigenvalue weighted by Crippen LogP contribution is -1.99. The molecule has 10 aromatic rings. The molecule has 1 unspecified atom stereocenters. The van der Waals surface area contributed by atoms with Gasteiger partial charge in [0.1, 0.15) is 0 Å². The zero-order chi connectivity index (χ0) is 37.0. The fourth-order valence-electron chi connectivity index (χ4n) is 8.92. The molecule has 0 aliphatic heterocycles. The van der Waals surface area contributed by atoms with Crippen molar-refractivity contribution >= 4 is 43.6 Å². The van der Waals surface area contributed by atoms with Crippen molar-refractivity contribution in [1.29, 1.82) is 0 Å². The maximum Gasteiger partial charge on any atom is 0.0541 e. The van der Waals surface area contributed by atoms with Crippen LogP contribution in [0.15, 0.2) is 212 Å². The molecule has 8 aromatic carbocycles. The van der Waals surface area contributed by atoms with Crippen molar-refractivity contribution in [2.24, 2.45) is 0 Å². The molecule has 0 saturated carbocycles. The lowest BCUT2D eigenvalue weighted by atomic mass is 9.92. The second-order valence-electron chi connectivity index (χ2n) is 14.9. The molecule has 0 saturated heterocycles. The standard InChI is InChI=1S/C54H38N2/c1-4-15-37(16-5-1)40-21-14-22-45(32-40)55-51-25-12-10-23-47(51)49-35-41(27-29-53(49)55)42-28-30-54-50(36-42)48-24-11-13-26-52(48)56(54)46-33-43(38-17-6-2-7-18-38)31-44(34-46)39-19-8-3-9-20-39/h1-15,17-37H,16H2. The van der Waals surface area contributed by atoms with E-state index in [4.69, 9.17) is 0 Å². The van der Waals surface area contributed by atoms with Crippen molar-refractivity contribution in [1.82, 2.24) is 9.13 Å². The summed E-state index contributed by atoms with van der Waals surface area (Å²) >= 11 is 0. The maximum absolute atomic E-state index is 2.44. The largest absolute Gasteiger partial charge is 0.309 e. The fourth-order valence-corrected chi connectivity index (χ4v) is 8.92. The van der Waals surface area contributed by atoms with Crippen molar-refractivity contribution in [2.45, 2.75) is 12.3 Å². The Labute approximate surface area is 326 Å². The molecule has 2 aromatic heterocycles. The summed E-state index contributed by atoms with van der Waals surface area (Å²) in [4.78, 5) is 0. The van der Waals surface area contributed by atoms with Crippen LogP contribution in [0.25, 0.3) is 88.4 Å². The Bertz CT molecular complexity index is 3100. The van der Waals surface area contributed by atoms with Gasteiger partial charge in [0.25, 0.3) is 0 Å². The molecule has 0 N–H and O–H groups in total. The highest BCUT2D eigenvalue weighted by Crippen LogP contribution is 2.40. The Hall–Kier alpha value is -7.16. The zero-order valence-electron chi connectivity index (χ0n) is 30.9. The molecule has 0 amide bonds. The van der Waals surface area contributed by atoms with E-state index >= 15 is 0 Å². The molecule has 0 spiro atoms. The highest BCUT2D eigenvalue weighted by atomic mass is 15.0. The van der Waals surface area contributed by atoms with E-state index in [2.05, 4.69) is 221 Å². The molecule has 2 heterocycles. The molecular formula is C54H38N2. The van der Waals surface area contributed by atoms with Crippen LogP contribution in [0.1, 0.15) is 17.9 Å². The van der Waals surface area contributed by atoms with E-state index in [-0.39, 0.29) is 0 Å². The summed E-state index contributed by atoms with van der Waals surface area (Å²) in [6, 6.07) is 69.2. The molecule has 264 valence electrons. The lowest BCUT2D eigenvalue weighted by Gasteiger charge is -2.16. The summed E-state index contributed by atoms with van der Waals surface area (Å²) in [5.41, 5.74) is 15.8. The fraction of sp³-hybridized carbons (Fsp3) is 0.0370. The Morgan fingerprint density at radius 1 is 0.339 bits per heavy atom. The van der Waals surface area contributed by atoms with Gasteiger partial charge in [0.05, 0.1) is 22.1 Å². The number of nitrogens with zero attached hydrogens (tertiary/aromatic N) is 2. The van der Waals surface area contributed by atoms with Gasteiger partial charge in [0.2, 0.25) is 0 Å². The number of allylic oxidation sites excluding steroid dienone is 4. The van der Waals surface area contributed by atoms with Crippen LogP contribution in [0.4, 0.5) is 0 Å². The summed E-state index contributed by atoms with van der Waals surface area (Å²) in [6.07, 6.45) is 9.93. The summed E-state index contributed by atoms with van der Waals surface area (Å²) in [7, 11) is 0. The molecule has 0 fully saturated rings. The summed E-state index contributed by atoms with van der Waals surface area (Å²) in [6.45, 7) is 0. The van der Waals surface area contributed by atoms with Gasteiger partial charge in [-0.05, 0) is 112 Å². The average Bonchev–Trinajstić information content (AvgIpc) is 3.79. The van der Waals surface area contributed by atoms with E-state index in [9.17, 15) is 0 Å². The molecule has 11 rings (SSSR count). The van der Waals surface area contributed by atoms with Crippen LogP contribution in [0.5, 0.6) is 0 Å².